The molecule has 0 spiro atoms. The number of hydrogen-bond donors (Lipinski definition) is 1. The van der Waals surface area contributed by atoms with Crippen LogP contribution in [0.15, 0.2) is 45.3 Å². The van der Waals surface area contributed by atoms with E-state index in [2.05, 4.69) is 31.9 Å². The maximum absolute atomic E-state index is 14.0. The van der Waals surface area contributed by atoms with E-state index in [-0.39, 0.29) is 18.0 Å². The minimum atomic E-state index is -0.355. The molecule has 20 heavy (non-hydrogen) atoms. The lowest BCUT2D eigenvalue weighted by Gasteiger charge is -2.31. The predicted octanol–water partition coefficient (Wildman–Crippen LogP) is 4.87. The molecule has 2 nitrogen and oxygen atoms in total. The predicted molar refractivity (Wildman–Crippen MR) is 83.2 cm³/mol. The Kier molecular flexibility index (Phi) is 3.84. The van der Waals surface area contributed by atoms with Gasteiger partial charge in [0.2, 0.25) is 0 Å². The van der Waals surface area contributed by atoms with Crippen LogP contribution in [-0.2, 0) is 0 Å². The van der Waals surface area contributed by atoms with Gasteiger partial charge in [0.1, 0.15) is 17.7 Å². The molecule has 1 aliphatic rings. The van der Waals surface area contributed by atoms with Gasteiger partial charge in [-0.2, -0.15) is 0 Å². The molecule has 3 rings (SSSR count). The zero-order valence-corrected chi connectivity index (χ0v) is 13.6. The van der Waals surface area contributed by atoms with Crippen molar-refractivity contribution >= 4 is 31.9 Å². The Balaban J connectivity index is 1.97. The fourth-order valence-corrected chi connectivity index (χ4v) is 3.14. The number of fused-ring (bicyclic) bond motifs is 1. The minimum Gasteiger partial charge on any atom is -0.485 e. The van der Waals surface area contributed by atoms with Gasteiger partial charge in [0.05, 0.1) is 0 Å². The highest BCUT2D eigenvalue weighted by Crippen LogP contribution is 2.41. The van der Waals surface area contributed by atoms with E-state index in [0.29, 0.717) is 16.5 Å². The van der Waals surface area contributed by atoms with Crippen molar-refractivity contribution in [2.75, 3.05) is 0 Å². The highest BCUT2D eigenvalue weighted by atomic mass is 79.9. The molecule has 2 atom stereocenters. The summed E-state index contributed by atoms with van der Waals surface area (Å²) in [7, 11) is 0. The summed E-state index contributed by atoms with van der Waals surface area (Å²) >= 11 is 6.68. The van der Waals surface area contributed by atoms with Crippen LogP contribution in [0.1, 0.15) is 29.7 Å². The van der Waals surface area contributed by atoms with Gasteiger partial charge in [0.25, 0.3) is 0 Å². The molecule has 0 fully saturated rings. The number of ether oxygens (including phenoxy) is 1. The number of benzene rings is 2. The second-order valence-corrected chi connectivity index (χ2v) is 6.63. The van der Waals surface area contributed by atoms with Gasteiger partial charge in [-0.25, -0.2) is 4.39 Å². The van der Waals surface area contributed by atoms with Crippen LogP contribution < -0.4 is 10.5 Å². The lowest BCUT2D eigenvalue weighted by atomic mass is 9.93. The first-order chi connectivity index (χ1) is 9.54. The summed E-state index contributed by atoms with van der Waals surface area (Å²) in [5.74, 6) is 0.441. The second-order valence-electron chi connectivity index (χ2n) is 4.80. The molecule has 0 saturated carbocycles. The normalized spacial score (nSPS) is 21.2. The van der Waals surface area contributed by atoms with Crippen molar-refractivity contribution in [3.8, 4) is 5.75 Å². The van der Waals surface area contributed by atoms with E-state index in [9.17, 15) is 4.39 Å². The number of nitrogens with two attached hydrogens (primary N) is 1. The summed E-state index contributed by atoms with van der Waals surface area (Å²) in [5, 5.41) is 0. The molecule has 0 aromatic heterocycles. The molecule has 1 aliphatic heterocycles. The molecule has 1 heterocycles. The Morgan fingerprint density at radius 3 is 2.50 bits per heavy atom. The lowest BCUT2D eigenvalue weighted by Crippen LogP contribution is -2.24. The number of hydrogen-bond acceptors (Lipinski definition) is 2. The summed E-state index contributed by atoms with van der Waals surface area (Å²) in [6.07, 6.45) is 0.203. The van der Waals surface area contributed by atoms with Crippen molar-refractivity contribution in [1.82, 2.24) is 0 Å². The van der Waals surface area contributed by atoms with Gasteiger partial charge in [-0.05, 0) is 30.3 Å². The standard InChI is InChI=1S/C15H12Br2FNO/c16-8-2-4-14-11(5-8)13(19)7-15(20-14)10-3-1-9(17)6-12(10)18/h1-6,13,15H,7,19H2. The Hall–Kier alpha value is -0.910. The topological polar surface area (TPSA) is 35.2 Å². The Labute approximate surface area is 133 Å². The molecule has 2 aromatic rings. The first-order valence-corrected chi connectivity index (χ1v) is 7.80. The van der Waals surface area contributed by atoms with Gasteiger partial charge in [-0.15, -0.1) is 0 Å². The molecule has 0 aliphatic carbocycles. The highest BCUT2D eigenvalue weighted by molar-refractivity contribution is 9.10. The van der Waals surface area contributed by atoms with Gasteiger partial charge in [-0.3, -0.25) is 0 Å². The average molecular weight is 401 g/mol. The summed E-state index contributed by atoms with van der Waals surface area (Å²) < 4.78 is 21.6. The van der Waals surface area contributed by atoms with E-state index in [4.69, 9.17) is 10.5 Å². The van der Waals surface area contributed by atoms with E-state index in [0.717, 1.165) is 15.8 Å². The zero-order valence-electron chi connectivity index (χ0n) is 10.4. The maximum atomic E-state index is 14.0. The van der Waals surface area contributed by atoms with E-state index in [1.807, 2.05) is 24.3 Å². The third-order valence-electron chi connectivity index (χ3n) is 3.42. The zero-order chi connectivity index (χ0) is 14.3. The quantitative estimate of drug-likeness (QED) is 0.740. The van der Waals surface area contributed by atoms with Crippen molar-refractivity contribution in [2.24, 2.45) is 5.73 Å². The van der Waals surface area contributed by atoms with Crippen LogP contribution in [0.2, 0.25) is 0 Å². The lowest BCUT2D eigenvalue weighted by molar-refractivity contribution is 0.157. The molecule has 2 unspecified atom stereocenters. The molecule has 0 amide bonds. The number of rotatable bonds is 1. The van der Waals surface area contributed by atoms with Crippen LogP contribution in [0.5, 0.6) is 5.75 Å². The van der Waals surface area contributed by atoms with E-state index in [1.54, 1.807) is 6.07 Å². The van der Waals surface area contributed by atoms with E-state index >= 15 is 0 Å². The van der Waals surface area contributed by atoms with Crippen molar-refractivity contribution in [1.29, 1.82) is 0 Å². The van der Waals surface area contributed by atoms with Gasteiger partial charge < -0.3 is 10.5 Å². The fourth-order valence-electron chi connectivity index (χ4n) is 2.43. The minimum absolute atomic E-state index is 0.163. The first kappa shape index (κ1) is 14.0. The molecule has 0 bridgehead atoms. The Morgan fingerprint density at radius 1 is 1.05 bits per heavy atom. The molecular weight excluding hydrogens is 389 g/mol. The van der Waals surface area contributed by atoms with Crippen LogP contribution in [0, 0.1) is 5.82 Å². The molecular formula is C15H12Br2FNO. The second kappa shape index (κ2) is 5.47. The molecule has 0 radical (unpaired) electrons. The van der Waals surface area contributed by atoms with Gasteiger partial charge in [0, 0.05) is 32.5 Å². The van der Waals surface area contributed by atoms with Crippen molar-refractivity contribution < 1.29 is 9.13 Å². The monoisotopic (exact) mass is 399 g/mol. The maximum Gasteiger partial charge on any atom is 0.131 e. The molecule has 5 heteroatoms. The summed E-state index contributed by atoms with van der Waals surface area (Å²) in [6, 6.07) is 10.5. The van der Waals surface area contributed by atoms with Crippen LogP contribution >= 0.6 is 31.9 Å². The summed E-state index contributed by atoms with van der Waals surface area (Å²) in [4.78, 5) is 0. The van der Waals surface area contributed by atoms with Gasteiger partial charge >= 0.3 is 0 Å². The van der Waals surface area contributed by atoms with Gasteiger partial charge in [-0.1, -0.05) is 37.9 Å². The molecule has 2 aromatic carbocycles. The third kappa shape index (κ3) is 2.62. The van der Waals surface area contributed by atoms with Crippen molar-refractivity contribution in [3.63, 3.8) is 0 Å². The van der Waals surface area contributed by atoms with Crippen LogP contribution in [0.25, 0.3) is 0 Å². The van der Waals surface area contributed by atoms with E-state index < -0.39 is 0 Å². The Bertz CT molecular complexity index is 662. The van der Waals surface area contributed by atoms with Crippen LogP contribution in [0.3, 0.4) is 0 Å². The van der Waals surface area contributed by atoms with Crippen LogP contribution in [-0.4, -0.2) is 0 Å². The molecule has 0 saturated heterocycles. The Morgan fingerprint density at radius 2 is 1.75 bits per heavy atom. The largest absolute Gasteiger partial charge is 0.485 e. The first-order valence-electron chi connectivity index (χ1n) is 6.21. The fraction of sp³-hybridized carbons (Fsp3) is 0.200. The summed E-state index contributed by atoms with van der Waals surface area (Å²) in [6.45, 7) is 0. The number of halogens is 3. The van der Waals surface area contributed by atoms with Crippen molar-refractivity contribution in [2.45, 2.75) is 18.6 Å². The third-order valence-corrected chi connectivity index (χ3v) is 4.40. The summed E-state index contributed by atoms with van der Waals surface area (Å²) in [5.41, 5.74) is 7.68. The smallest absolute Gasteiger partial charge is 0.131 e. The average Bonchev–Trinajstić information content (AvgIpc) is 2.39. The van der Waals surface area contributed by atoms with Crippen molar-refractivity contribution in [3.05, 3.63) is 62.3 Å². The molecule has 2 N–H and O–H groups in total. The van der Waals surface area contributed by atoms with Crippen LogP contribution in [0.4, 0.5) is 4.39 Å². The SMILES string of the molecule is NC1CC(c2ccc(Br)cc2F)Oc2ccc(Br)cc21. The van der Waals surface area contributed by atoms with Gasteiger partial charge in [0.15, 0.2) is 0 Å². The highest BCUT2D eigenvalue weighted by Gasteiger charge is 2.28. The van der Waals surface area contributed by atoms with E-state index in [1.165, 1.54) is 6.07 Å². The molecule has 104 valence electrons.